The Kier molecular flexibility index (Phi) is 4.76. The van der Waals surface area contributed by atoms with Crippen LogP contribution in [-0.2, 0) is 11.3 Å². The van der Waals surface area contributed by atoms with Crippen molar-refractivity contribution in [1.29, 1.82) is 0 Å². The molecule has 0 amide bonds. The zero-order valence-corrected chi connectivity index (χ0v) is 15.1. The molecule has 1 fully saturated rings. The topological polar surface area (TPSA) is 50.0 Å². The molecule has 0 atom stereocenters. The van der Waals surface area contributed by atoms with Crippen molar-refractivity contribution in [2.75, 3.05) is 26.8 Å². The van der Waals surface area contributed by atoms with Crippen LogP contribution in [0.3, 0.4) is 0 Å². The highest BCUT2D eigenvalue weighted by Crippen LogP contribution is 2.27. The third-order valence-corrected chi connectivity index (χ3v) is 5.08. The summed E-state index contributed by atoms with van der Waals surface area (Å²) in [6, 6.07) is 16.4. The third-order valence-electron chi connectivity index (χ3n) is 5.08. The van der Waals surface area contributed by atoms with Crippen molar-refractivity contribution in [2.24, 2.45) is 0 Å². The first-order valence-electron chi connectivity index (χ1n) is 9.15. The number of benzene rings is 1. The van der Waals surface area contributed by atoms with E-state index in [0.29, 0.717) is 32.6 Å². The van der Waals surface area contributed by atoms with Crippen LogP contribution < -0.4 is 0 Å². The SMILES string of the molecule is CN(Cc1c(-c2ccccc2)nc2ccccn12)CC1(O)CCOCC1. The highest BCUT2D eigenvalue weighted by molar-refractivity contribution is 5.66. The second kappa shape index (κ2) is 7.19. The molecule has 0 aliphatic carbocycles. The maximum atomic E-state index is 10.8. The number of hydrogen-bond donors (Lipinski definition) is 1. The van der Waals surface area contributed by atoms with Gasteiger partial charge in [0.2, 0.25) is 0 Å². The van der Waals surface area contributed by atoms with Crippen molar-refractivity contribution in [3.05, 3.63) is 60.4 Å². The monoisotopic (exact) mass is 351 g/mol. The summed E-state index contributed by atoms with van der Waals surface area (Å²) in [5.74, 6) is 0. The van der Waals surface area contributed by atoms with Gasteiger partial charge in [-0.3, -0.25) is 4.90 Å². The average Bonchev–Trinajstić information content (AvgIpc) is 3.01. The lowest BCUT2D eigenvalue weighted by molar-refractivity contribution is -0.0778. The van der Waals surface area contributed by atoms with Gasteiger partial charge in [0.1, 0.15) is 5.65 Å². The Balaban J connectivity index is 1.64. The Labute approximate surface area is 153 Å². The zero-order chi connectivity index (χ0) is 18.0. The van der Waals surface area contributed by atoms with Gasteiger partial charge < -0.3 is 14.2 Å². The minimum atomic E-state index is -0.666. The number of aliphatic hydroxyl groups is 1. The van der Waals surface area contributed by atoms with E-state index in [1.165, 1.54) is 0 Å². The lowest BCUT2D eigenvalue weighted by Gasteiger charge is -2.35. The smallest absolute Gasteiger partial charge is 0.137 e. The van der Waals surface area contributed by atoms with Gasteiger partial charge in [-0.1, -0.05) is 36.4 Å². The highest BCUT2D eigenvalue weighted by atomic mass is 16.5. The summed E-state index contributed by atoms with van der Waals surface area (Å²) in [5, 5.41) is 10.8. The molecule has 0 saturated carbocycles. The number of nitrogens with zero attached hydrogens (tertiary/aromatic N) is 3. The summed E-state index contributed by atoms with van der Waals surface area (Å²) in [6.45, 7) is 2.62. The Morgan fingerprint density at radius 1 is 1.12 bits per heavy atom. The molecule has 1 aliphatic rings. The molecule has 2 aromatic heterocycles. The molecule has 3 heterocycles. The van der Waals surface area contributed by atoms with E-state index in [2.05, 4.69) is 34.7 Å². The lowest BCUT2D eigenvalue weighted by atomic mass is 9.94. The van der Waals surface area contributed by atoms with Gasteiger partial charge in [-0.25, -0.2) is 4.98 Å². The molecule has 5 heteroatoms. The number of fused-ring (bicyclic) bond motifs is 1. The number of hydrogen-bond acceptors (Lipinski definition) is 4. The lowest BCUT2D eigenvalue weighted by Crippen LogP contribution is -2.45. The van der Waals surface area contributed by atoms with Crippen LogP contribution in [0, 0.1) is 0 Å². The molecule has 1 aromatic carbocycles. The Hall–Kier alpha value is -2.21. The van der Waals surface area contributed by atoms with E-state index in [1.54, 1.807) is 0 Å². The summed E-state index contributed by atoms with van der Waals surface area (Å²) < 4.78 is 7.54. The molecule has 5 nitrogen and oxygen atoms in total. The van der Waals surface area contributed by atoms with Crippen molar-refractivity contribution in [3.63, 3.8) is 0 Å². The van der Waals surface area contributed by atoms with Crippen LogP contribution in [0.2, 0.25) is 0 Å². The molecular weight excluding hydrogens is 326 g/mol. The molecule has 1 aliphatic heterocycles. The molecule has 1 N–H and O–H groups in total. The van der Waals surface area contributed by atoms with Crippen molar-refractivity contribution in [1.82, 2.24) is 14.3 Å². The van der Waals surface area contributed by atoms with Gasteiger partial charge in [-0.05, 0) is 19.2 Å². The Bertz CT molecular complexity index is 869. The standard InChI is InChI=1S/C21H25N3O2/c1-23(16-21(25)10-13-26-14-11-21)15-18-20(17-7-3-2-4-8-17)22-19-9-5-6-12-24(18)19/h2-9,12,25H,10-11,13-16H2,1H3. The molecule has 136 valence electrons. The second-order valence-corrected chi connectivity index (χ2v) is 7.21. The van der Waals surface area contributed by atoms with Crippen molar-refractivity contribution >= 4 is 5.65 Å². The predicted octanol–water partition coefficient (Wildman–Crippen LogP) is 2.97. The van der Waals surface area contributed by atoms with Crippen LogP contribution in [0.5, 0.6) is 0 Å². The number of aromatic nitrogens is 2. The highest BCUT2D eigenvalue weighted by Gasteiger charge is 2.31. The summed E-state index contributed by atoms with van der Waals surface area (Å²) in [7, 11) is 2.06. The van der Waals surface area contributed by atoms with Gasteiger partial charge in [0.15, 0.2) is 0 Å². The quantitative estimate of drug-likeness (QED) is 0.768. The number of likely N-dealkylation sites (N-methyl/N-ethyl adjacent to an activating group) is 1. The fourth-order valence-electron chi connectivity index (χ4n) is 3.75. The summed E-state index contributed by atoms with van der Waals surface area (Å²) in [6.07, 6.45) is 3.44. The van der Waals surface area contributed by atoms with Gasteiger partial charge >= 0.3 is 0 Å². The summed E-state index contributed by atoms with van der Waals surface area (Å²) in [4.78, 5) is 7.04. The van der Waals surface area contributed by atoms with Crippen LogP contribution in [-0.4, -0.2) is 51.8 Å². The van der Waals surface area contributed by atoms with Gasteiger partial charge in [-0.15, -0.1) is 0 Å². The molecular formula is C21H25N3O2. The minimum absolute atomic E-state index is 0.630. The van der Waals surface area contributed by atoms with E-state index >= 15 is 0 Å². The van der Waals surface area contributed by atoms with Crippen molar-refractivity contribution < 1.29 is 9.84 Å². The van der Waals surface area contributed by atoms with Gasteiger partial charge in [-0.2, -0.15) is 0 Å². The molecule has 3 aromatic rings. The van der Waals surface area contributed by atoms with Crippen LogP contribution >= 0.6 is 0 Å². The summed E-state index contributed by atoms with van der Waals surface area (Å²) in [5.41, 5.74) is 3.54. The first kappa shape index (κ1) is 17.2. The summed E-state index contributed by atoms with van der Waals surface area (Å²) >= 11 is 0. The van der Waals surface area contributed by atoms with E-state index in [1.807, 2.05) is 36.4 Å². The predicted molar refractivity (Wildman–Crippen MR) is 102 cm³/mol. The maximum Gasteiger partial charge on any atom is 0.137 e. The largest absolute Gasteiger partial charge is 0.388 e. The van der Waals surface area contributed by atoms with Gasteiger partial charge in [0.05, 0.1) is 17.0 Å². The fraction of sp³-hybridized carbons (Fsp3) is 0.381. The van der Waals surface area contributed by atoms with E-state index in [4.69, 9.17) is 9.72 Å². The first-order chi connectivity index (χ1) is 12.6. The van der Waals surface area contributed by atoms with Crippen molar-refractivity contribution in [3.8, 4) is 11.3 Å². The number of imidazole rings is 1. The van der Waals surface area contributed by atoms with Gasteiger partial charge in [0, 0.05) is 50.9 Å². The average molecular weight is 351 g/mol. The normalized spacial score (nSPS) is 17.0. The fourth-order valence-corrected chi connectivity index (χ4v) is 3.75. The van der Waals surface area contributed by atoms with Gasteiger partial charge in [0.25, 0.3) is 0 Å². The third kappa shape index (κ3) is 3.51. The Morgan fingerprint density at radius 3 is 2.62 bits per heavy atom. The van der Waals surface area contributed by atoms with E-state index < -0.39 is 5.60 Å². The van der Waals surface area contributed by atoms with E-state index in [9.17, 15) is 5.11 Å². The second-order valence-electron chi connectivity index (χ2n) is 7.21. The van der Waals surface area contributed by atoms with Crippen LogP contribution in [0.4, 0.5) is 0 Å². The number of pyridine rings is 1. The first-order valence-corrected chi connectivity index (χ1v) is 9.15. The molecule has 0 bridgehead atoms. The van der Waals surface area contributed by atoms with Crippen LogP contribution in [0.1, 0.15) is 18.5 Å². The molecule has 0 spiro atoms. The minimum Gasteiger partial charge on any atom is -0.388 e. The van der Waals surface area contributed by atoms with Crippen LogP contribution in [0.25, 0.3) is 16.9 Å². The number of ether oxygens (including phenoxy) is 1. The molecule has 4 rings (SSSR count). The molecule has 0 unspecified atom stereocenters. The maximum absolute atomic E-state index is 10.8. The zero-order valence-electron chi connectivity index (χ0n) is 15.1. The Morgan fingerprint density at radius 2 is 1.85 bits per heavy atom. The van der Waals surface area contributed by atoms with E-state index in [-0.39, 0.29) is 0 Å². The number of rotatable bonds is 5. The van der Waals surface area contributed by atoms with Crippen LogP contribution in [0.15, 0.2) is 54.7 Å². The van der Waals surface area contributed by atoms with E-state index in [0.717, 1.165) is 29.1 Å². The molecule has 26 heavy (non-hydrogen) atoms. The van der Waals surface area contributed by atoms with Crippen molar-refractivity contribution in [2.45, 2.75) is 25.0 Å². The molecule has 0 radical (unpaired) electrons. The molecule has 1 saturated heterocycles.